The van der Waals surface area contributed by atoms with Gasteiger partial charge in [-0.05, 0) is 17.0 Å². The van der Waals surface area contributed by atoms with E-state index in [1.54, 1.807) is 19.2 Å². The lowest BCUT2D eigenvalue weighted by Gasteiger charge is -1.93. The maximum atomic E-state index is 5.03. The fraction of sp³-hybridized carbons (Fsp3) is 0.125. The molecule has 2 heteroatoms. The molecule has 0 amide bonds. The predicted octanol–water partition coefficient (Wildman–Crippen LogP) is 2.29. The van der Waals surface area contributed by atoms with Crippen molar-refractivity contribution in [1.82, 2.24) is 0 Å². The molecule has 1 rings (SSSR count). The van der Waals surface area contributed by atoms with E-state index in [0.717, 1.165) is 11.4 Å². The van der Waals surface area contributed by atoms with Gasteiger partial charge in [-0.1, -0.05) is 0 Å². The maximum absolute atomic E-state index is 5.03. The van der Waals surface area contributed by atoms with Crippen molar-refractivity contribution in [3.8, 4) is 12.3 Å². The lowest BCUT2D eigenvalue weighted by molar-refractivity contribution is 0.415. The molecule has 0 atom stereocenters. The number of methoxy groups -OCH3 is 1. The summed E-state index contributed by atoms with van der Waals surface area (Å²) in [6.07, 6.45) is 0. The van der Waals surface area contributed by atoms with Crippen LogP contribution in [0.4, 0.5) is 5.69 Å². The van der Waals surface area contributed by atoms with Crippen LogP contribution in [0.15, 0.2) is 24.3 Å². The lowest BCUT2D eigenvalue weighted by Crippen LogP contribution is -1.79. The van der Waals surface area contributed by atoms with Crippen LogP contribution in [-0.2, 0) is 0 Å². The van der Waals surface area contributed by atoms with Crippen molar-refractivity contribution in [3.05, 3.63) is 29.1 Å². The molecule has 2 nitrogen and oxygen atoms in total. The second-order valence-electron chi connectivity index (χ2n) is 1.83. The van der Waals surface area contributed by atoms with Gasteiger partial charge in [-0.25, -0.2) is 0 Å². The number of hydrogen-bond donors (Lipinski definition) is 0. The molecule has 50 valence electrons. The Morgan fingerprint density at radius 1 is 1.30 bits per heavy atom. The van der Waals surface area contributed by atoms with Crippen LogP contribution in [0.3, 0.4) is 0 Å². The van der Waals surface area contributed by atoms with Crippen molar-refractivity contribution >= 4 is 5.69 Å². The predicted molar refractivity (Wildman–Crippen MR) is 41.0 cm³/mol. The van der Waals surface area contributed by atoms with Crippen LogP contribution >= 0.6 is 0 Å². The van der Waals surface area contributed by atoms with Gasteiger partial charge in [0.15, 0.2) is 0 Å². The van der Waals surface area contributed by atoms with Crippen molar-refractivity contribution in [2.45, 2.75) is 0 Å². The Labute approximate surface area is 59.9 Å². The van der Waals surface area contributed by atoms with Gasteiger partial charge in [0.2, 0.25) is 0 Å². The van der Waals surface area contributed by atoms with Gasteiger partial charge in [0.05, 0.1) is 7.11 Å². The summed E-state index contributed by atoms with van der Waals surface area (Å²) < 4.78 is 4.93. The number of nitrogens with zero attached hydrogens (tertiary/aromatic N) is 1. The molecule has 0 spiro atoms. The minimum atomic E-state index is 0.751. The first-order valence-electron chi connectivity index (χ1n) is 2.92. The Kier molecular flexibility index (Phi) is 1.91. The average Bonchev–Trinajstić information content (AvgIpc) is 2.05. The molecule has 0 radical (unpaired) electrons. The number of benzene rings is 1. The van der Waals surface area contributed by atoms with Crippen LogP contribution in [0.2, 0.25) is 0 Å². The zero-order valence-electron chi connectivity index (χ0n) is 5.74. The summed E-state index contributed by atoms with van der Waals surface area (Å²) in [5.74, 6) is 0.812. The first-order valence-corrected chi connectivity index (χ1v) is 2.92. The van der Waals surface area contributed by atoms with Gasteiger partial charge in [0.25, 0.3) is 6.57 Å². The summed E-state index contributed by atoms with van der Waals surface area (Å²) >= 11 is 0. The Balaban J connectivity index is 2.93. The quantitative estimate of drug-likeness (QED) is 0.574. The molecule has 10 heavy (non-hydrogen) atoms. The molecule has 0 aliphatic heterocycles. The first-order chi connectivity index (χ1) is 4.86. The third-order valence-corrected chi connectivity index (χ3v) is 1.22. The highest BCUT2D eigenvalue weighted by Crippen LogP contribution is 2.16. The van der Waals surface area contributed by atoms with Gasteiger partial charge in [-0.15, -0.1) is 0 Å². The second-order valence-corrected chi connectivity index (χ2v) is 1.83. The van der Waals surface area contributed by atoms with Crippen molar-refractivity contribution < 1.29 is 4.74 Å². The first kappa shape index (κ1) is 6.63. The summed E-state index contributed by atoms with van der Waals surface area (Å²) in [6.45, 7) is 5.03. The van der Waals surface area contributed by atoms with Crippen LogP contribution in [-0.4, -0.2) is 7.11 Å². The Morgan fingerprint density at radius 3 is 2.30 bits per heavy atom. The maximum Gasteiger partial charge on any atom is 0.340 e. The molecule has 0 fully saturated rings. The Hall–Kier alpha value is -1.49. The molecule has 0 aromatic heterocycles. The van der Waals surface area contributed by atoms with Crippen molar-refractivity contribution in [3.63, 3.8) is 0 Å². The molecule has 1 aromatic carbocycles. The SMILES string of the molecule is C#[N+]c1ccc(OC)cc1. The summed E-state index contributed by atoms with van der Waals surface area (Å²) in [7, 11) is 1.62. The van der Waals surface area contributed by atoms with E-state index in [1.165, 1.54) is 0 Å². The van der Waals surface area contributed by atoms with E-state index < -0.39 is 0 Å². The fourth-order valence-electron chi connectivity index (χ4n) is 0.668. The van der Waals surface area contributed by atoms with Crippen LogP contribution in [0.5, 0.6) is 5.75 Å². The van der Waals surface area contributed by atoms with Gasteiger partial charge in [-0.3, -0.25) is 0 Å². The highest BCUT2D eigenvalue weighted by molar-refractivity contribution is 5.47. The molecule has 0 saturated heterocycles. The Bertz CT molecular complexity index is 245. The third-order valence-electron chi connectivity index (χ3n) is 1.22. The van der Waals surface area contributed by atoms with Gasteiger partial charge in [0.1, 0.15) is 5.75 Å². The van der Waals surface area contributed by atoms with Crippen LogP contribution in [0.1, 0.15) is 0 Å². The zero-order chi connectivity index (χ0) is 7.40. The third kappa shape index (κ3) is 1.26. The second kappa shape index (κ2) is 2.88. The molecule has 0 heterocycles. The zero-order valence-corrected chi connectivity index (χ0v) is 5.74. The molecular formula is C8H8NO+. The summed E-state index contributed by atoms with van der Waals surface area (Å²) in [5.41, 5.74) is 0.751. The van der Waals surface area contributed by atoms with Gasteiger partial charge in [0, 0.05) is 12.1 Å². The van der Waals surface area contributed by atoms with E-state index in [-0.39, 0.29) is 0 Å². The van der Waals surface area contributed by atoms with Crippen LogP contribution in [0, 0.1) is 6.57 Å². The topological polar surface area (TPSA) is 13.6 Å². The normalized spacial score (nSPS) is 8.40. The number of hydrogen-bond acceptors (Lipinski definition) is 1. The van der Waals surface area contributed by atoms with Crippen LogP contribution in [0.25, 0.3) is 4.85 Å². The van der Waals surface area contributed by atoms with Gasteiger partial charge in [-0.2, -0.15) is 0 Å². The molecule has 1 aromatic rings. The molecule has 0 aliphatic carbocycles. The summed E-state index contributed by atoms with van der Waals surface area (Å²) in [5, 5.41) is 0. The smallest absolute Gasteiger partial charge is 0.340 e. The van der Waals surface area contributed by atoms with Crippen LogP contribution < -0.4 is 4.74 Å². The van der Waals surface area contributed by atoms with E-state index in [1.807, 2.05) is 12.1 Å². The molecular weight excluding hydrogens is 126 g/mol. The molecule has 0 unspecified atom stereocenters. The Morgan fingerprint density at radius 2 is 1.90 bits per heavy atom. The number of rotatable bonds is 1. The monoisotopic (exact) mass is 134 g/mol. The van der Waals surface area contributed by atoms with Crippen molar-refractivity contribution in [2.24, 2.45) is 0 Å². The lowest BCUT2D eigenvalue weighted by atomic mass is 10.3. The average molecular weight is 134 g/mol. The molecule has 0 aliphatic rings. The minimum absolute atomic E-state index is 0.751. The summed E-state index contributed by atoms with van der Waals surface area (Å²) in [4.78, 5) is 3.49. The van der Waals surface area contributed by atoms with E-state index in [4.69, 9.17) is 11.3 Å². The highest BCUT2D eigenvalue weighted by Gasteiger charge is 1.97. The summed E-state index contributed by atoms with van der Waals surface area (Å²) in [6, 6.07) is 7.20. The minimum Gasteiger partial charge on any atom is -0.497 e. The van der Waals surface area contributed by atoms with Crippen molar-refractivity contribution in [1.29, 1.82) is 0 Å². The fourth-order valence-corrected chi connectivity index (χ4v) is 0.668. The van der Waals surface area contributed by atoms with E-state index in [0.29, 0.717) is 0 Å². The molecule has 0 N–H and O–H groups in total. The van der Waals surface area contributed by atoms with Gasteiger partial charge < -0.3 is 4.74 Å². The molecule has 0 saturated carbocycles. The molecule has 0 bridgehead atoms. The highest BCUT2D eigenvalue weighted by atomic mass is 16.5. The van der Waals surface area contributed by atoms with E-state index in [9.17, 15) is 0 Å². The largest absolute Gasteiger partial charge is 0.497 e. The number of ether oxygens (including phenoxy) is 1. The van der Waals surface area contributed by atoms with Crippen molar-refractivity contribution in [2.75, 3.05) is 7.11 Å². The van der Waals surface area contributed by atoms with Gasteiger partial charge >= 0.3 is 5.69 Å². The van der Waals surface area contributed by atoms with E-state index >= 15 is 0 Å². The van der Waals surface area contributed by atoms with E-state index in [2.05, 4.69) is 4.85 Å². The standard InChI is InChI=1S/C8H8NO/c1-9-7-3-5-8(10-2)6-4-7/h1,3-6H,2H3/q+1.